The van der Waals surface area contributed by atoms with E-state index in [1.807, 2.05) is 6.07 Å². The van der Waals surface area contributed by atoms with Crippen LogP contribution in [0.2, 0.25) is 0 Å². The maximum absolute atomic E-state index is 12.2. The predicted octanol–water partition coefficient (Wildman–Crippen LogP) is 3.40. The van der Waals surface area contributed by atoms with E-state index in [9.17, 15) is 9.59 Å². The Bertz CT molecular complexity index is 707. The summed E-state index contributed by atoms with van der Waals surface area (Å²) in [5.74, 6) is -0.194. The molecule has 0 bridgehead atoms. The predicted molar refractivity (Wildman–Crippen MR) is 84.8 cm³/mol. The topological polar surface area (TPSA) is 61.8 Å². The molecule has 0 aliphatic rings. The summed E-state index contributed by atoms with van der Waals surface area (Å²) in [6, 6.07) is 13.2. The van der Waals surface area contributed by atoms with Crippen LogP contribution >= 0.6 is 0 Å². The first-order valence-corrected chi connectivity index (χ1v) is 7.02. The molecular weight excluding hydrogens is 296 g/mol. The van der Waals surface area contributed by atoms with Gasteiger partial charge < -0.3 is 14.2 Å². The standard InChI is InChI=1S/C18H16O5/c1-3-17(19)23-15-11-10-13(12-16(15)21-4-2)18(20)22-14-8-6-5-7-9-14/h3,5-12H,1,4H2,2H3. The zero-order chi connectivity index (χ0) is 16.7. The number of hydrogen-bond acceptors (Lipinski definition) is 5. The molecule has 2 aromatic carbocycles. The highest BCUT2D eigenvalue weighted by molar-refractivity contribution is 5.92. The highest BCUT2D eigenvalue weighted by atomic mass is 16.6. The molecule has 23 heavy (non-hydrogen) atoms. The fraction of sp³-hybridized carbons (Fsp3) is 0.111. The lowest BCUT2D eigenvalue weighted by Gasteiger charge is -2.11. The van der Waals surface area contributed by atoms with Crippen molar-refractivity contribution in [2.75, 3.05) is 6.61 Å². The Morgan fingerprint density at radius 3 is 2.43 bits per heavy atom. The molecule has 0 amide bonds. The second-order valence-electron chi connectivity index (χ2n) is 4.42. The molecule has 2 aromatic rings. The van der Waals surface area contributed by atoms with Crippen molar-refractivity contribution in [1.82, 2.24) is 0 Å². The van der Waals surface area contributed by atoms with Gasteiger partial charge >= 0.3 is 11.9 Å². The van der Waals surface area contributed by atoms with Crippen molar-refractivity contribution in [2.24, 2.45) is 0 Å². The number of hydrogen-bond donors (Lipinski definition) is 0. The van der Waals surface area contributed by atoms with Crippen LogP contribution in [0.3, 0.4) is 0 Å². The van der Waals surface area contributed by atoms with Crippen LogP contribution in [0.1, 0.15) is 17.3 Å². The second kappa shape index (κ2) is 7.79. The third-order valence-electron chi connectivity index (χ3n) is 2.81. The Morgan fingerprint density at radius 1 is 1.04 bits per heavy atom. The van der Waals surface area contributed by atoms with Crippen LogP contribution in [0.5, 0.6) is 17.2 Å². The minimum atomic E-state index is -0.606. The zero-order valence-electron chi connectivity index (χ0n) is 12.7. The summed E-state index contributed by atoms with van der Waals surface area (Å²) in [5, 5.41) is 0. The van der Waals surface area contributed by atoms with Gasteiger partial charge in [0.15, 0.2) is 11.5 Å². The van der Waals surface area contributed by atoms with E-state index in [0.717, 1.165) is 6.08 Å². The van der Waals surface area contributed by atoms with E-state index >= 15 is 0 Å². The Kier molecular flexibility index (Phi) is 5.52. The van der Waals surface area contributed by atoms with E-state index in [-0.39, 0.29) is 17.1 Å². The van der Waals surface area contributed by atoms with Crippen molar-refractivity contribution < 1.29 is 23.8 Å². The fourth-order valence-corrected chi connectivity index (χ4v) is 1.79. The number of carbonyl (C=O) groups excluding carboxylic acids is 2. The molecule has 0 radical (unpaired) electrons. The van der Waals surface area contributed by atoms with Gasteiger partial charge in [0.1, 0.15) is 5.75 Å². The van der Waals surface area contributed by atoms with Crippen molar-refractivity contribution in [3.05, 3.63) is 66.7 Å². The molecule has 118 valence electrons. The molecule has 0 spiro atoms. The number of carbonyl (C=O) groups is 2. The third kappa shape index (κ3) is 4.44. The number of rotatable bonds is 6. The summed E-state index contributed by atoms with van der Waals surface area (Å²) in [7, 11) is 0. The summed E-state index contributed by atoms with van der Waals surface area (Å²) < 4.78 is 15.7. The molecule has 5 nitrogen and oxygen atoms in total. The minimum Gasteiger partial charge on any atom is -0.490 e. The van der Waals surface area contributed by atoms with Crippen LogP contribution < -0.4 is 14.2 Å². The second-order valence-corrected chi connectivity index (χ2v) is 4.42. The van der Waals surface area contributed by atoms with Gasteiger partial charge in [-0.25, -0.2) is 9.59 Å². The molecule has 0 N–H and O–H groups in total. The van der Waals surface area contributed by atoms with Crippen LogP contribution in [-0.4, -0.2) is 18.5 Å². The SMILES string of the molecule is C=CC(=O)Oc1ccc(C(=O)Oc2ccccc2)cc1OCC. The summed E-state index contributed by atoms with van der Waals surface area (Å²) >= 11 is 0. The normalized spacial score (nSPS) is 9.78. The number of esters is 2. The first-order chi connectivity index (χ1) is 11.1. The summed E-state index contributed by atoms with van der Waals surface area (Å²) in [6.45, 7) is 5.48. The highest BCUT2D eigenvalue weighted by Gasteiger charge is 2.15. The lowest BCUT2D eigenvalue weighted by atomic mass is 10.2. The van der Waals surface area contributed by atoms with Crippen LogP contribution in [0.15, 0.2) is 61.2 Å². The minimum absolute atomic E-state index is 0.216. The van der Waals surface area contributed by atoms with Gasteiger partial charge in [-0.1, -0.05) is 24.8 Å². The van der Waals surface area contributed by atoms with Crippen LogP contribution in [0.25, 0.3) is 0 Å². The van der Waals surface area contributed by atoms with Crippen molar-refractivity contribution >= 4 is 11.9 Å². The van der Waals surface area contributed by atoms with Crippen molar-refractivity contribution in [3.8, 4) is 17.2 Å². The van der Waals surface area contributed by atoms with Gasteiger partial charge in [0.05, 0.1) is 12.2 Å². The van der Waals surface area contributed by atoms with E-state index < -0.39 is 11.9 Å². The molecule has 5 heteroatoms. The van der Waals surface area contributed by atoms with E-state index in [4.69, 9.17) is 14.2 Å². The summed E-state index contributed by atoms with van der Waals surface area (Å²) in [6.07, 6.45) is 1.05. The van der Waals surface area contributed by atoms with Gasteiger partial charge in [0.2, 0.25) is 0 Å². The van der Waals surface area contributed by atoms with Gasteiger partial charge in [0.25, 0.3) is 0 Å². The Morgan fingerprint density at radius 2 is 1.78 bits per heavy atom. The zero-order valence-corrected chi connectivity index (χ0v) is 12.7. The molecule has 0 saturated carbocycles. The number of ether oxygens (including phenoxy) is 3. The maximum Gasteiger partial charge on any atom is 0.343 e. The van der Waals surface area contributed by atoms with E-state index in [0.29, 0.717) is 12.4 Å². The van der Waals surface area contributed by atoms with Crippen LogP contribution in [0, 0.1) is 0 Å². The lowest BCUT2D eigenvalue weighted by Crippen LogP contribution is -2.10. The van der Waals surface area contributed by atoms with Gasteiger partial charge in [-0.2, -0.15) is 0 Å². The van der Waals surface area contributed by atoms with Crippen LogP contribution in [-0.2, 0) is 4.79 Å². The summed E-state index contributed by atoms with van der Waals surface area (Å²) in [4.78, 5) is 23.5. The van der Waals surface area contributed by atoms with E-state index in [1.54, 1.807) is 31.2 Å². The molecule has 0 saturated heterocycles. The average molecular weight is 312 g/mol. The van der Waals surface area contributed by atoms with Crippen molar-refractivity contribution in [3.63, 3.8) is 0 Å². The van der Waals surface area contributed by atoms with Gasteiger partial charge in [-0.05, 0) is 37.3 Å². The van der Waals surface area contributed by atoms with E-state index in [2.05, 4.69) is 6.58 Å². The monoisotopic (exact) mass is 312 g/mol. The Hall–Kier alpha value is -3.08. The highest BCUT2D eigenvalue weighted by Crippen LogP contribution is 2.29. The molecule has 0 heterocycles. The number of para-hydroxylation sites is 1. The average Bonchev–Trinajstić information content (AvgIpc) is 2.57. The smallest absolute Gasteiger partial charge is 0.343 e. The van der Waals surface area contributed by atoms with Crippen molar-refractivity contribution in [2.45, 2.75) is 6.92 Å². The first kappa shape index (κ1) is 16.3. The largest absolute Gasteiger partial charge is 0.490 e. The molecule has 0 unspecified atom stereocenters. The fourth-order valence-electron chi connectivity index (χ4n) is 1.79. The summed E-state index contributed by atoms with van der Waals surface area (Å²) in [5.41, 5.74) is 0.288. The van der Waals surface area contributed by atoms with Crippen molar-refractivity contribution in [1.29, 1.82) is 0 Å². The molecule has 0 aliphatic carbocycles. The Labute approximate surface area is 134 Å². The van der Waals surface area contributed by atoms with Gasteiger partial charge in [-0.3, -0.25) is 0 Å². The lowest BCUT2D eigenvalue weighted by molar-refractivity contribution is -0.129. The van der Waals surface area contributed by atoms with Crippen LogP contribution in [0.4, 0.5) is 0 Å². The number of benzene rings is 2. The van der Waals surface area contributed by atoms with Gasteiger partial charge in [0, 0.05) is 6.08 Å². The third-order valence-corrected chi connectivity index (χ3v) is 2.81. The molecular formula is C18H16O5. The Balaban J connectivity index is 2.22. The molecule has 0 fully saturated rings. The maximum atomic E-state index is 12.2. The molecule has 0 atom stereocenters. The molecule has 2 rings (SSSR count). The first-order valence-electron chi connectivity index (χ1n) is 7.02. The quantitative estimate of drug-likeness (QED) is 0.465. The molecule has 0 aliphatic heterocycles. The van der Waals surface area contributed by atoms with E-state index in [1.165, 1.54) is 18.2 Å². The van der Waals surface area contributed by atoms with Gasteiger partial charge in [-0.15, -0.1) is 0 Å². The molecule has 0 aromatic heterocycles.